The molecule has 2 N–H and O–H groups in total. The normalized spacial score (nSPS) is 19.9. The molecule has 1 fully saturated rings. The maximum absolute atomic E-state index is 11.9. The van der Waals surface area contributed by atoms with Crippen LogP contribution in [0.3, 0.4) is 0 Å². The Bertz CT molecular complexity index is 475. The number of benzene rings is 1. The summed E-state index contributed by atoms with van der Waals surface area (Å²) in [5.74, 6) is -0.133. The maximum Gasteiger partial charge on any atom is 0.238 e. The first-order valence-electron chi connectivity index (χ1n) is 6.13. The van der Waals surface area contributed by atoms with Crippen molar-refractivity contribution in [3.8, 4) is 0 Å². The third-order valence-corrected chi connectivity index (χ3v) is 3.63. The van der Waals surface area contributed by atoms with Crippen LogP contribution in [0.25, 0.3) is 0 Å². The number of nitrogens with zero attached hydrogens (tertiary/aromatic N) is 1. The molecule has 1 saturated heterocycles. The smallest absolute Gasteiger partial charge is 0.238 e. The molecule has 1 aromatic rings. The zero-order valence-corrected chi connectivity index (χ0v) is 12.2. The van der Waals surface area contributed by atoms with Crippen molar-refractivity contribution in [2.45, 2.75) is 13.0 Å². The van der Waals surface area contributed by atoms with Crippen LogP contribution < -0.4 is 10.6 Å². The van der Waals surface area contributed by atoms with Gasteiger partial charge in [-0.25, -0.2) is 0 Å². The van der Waals surface area contributed by atoms with Gasteiger partial charge < -0.3 is 10.6 Å². The van der Waals surface area contributed by atoms with Crippen molar-refractivity contribution in [1.29, 1.82) is 0 Å². The Morgan fingerprint density at radius 1 is 1.47 bits per heavy atom. The van der Waals surface area contributed by atoms with E-state index < -0.39 is 0 Å². The van der Waals surface area contributed by atoms with Crippen molar-refractivity contribution in [3.63, 3.8) is 0 Å². The van der Waals surface area contributed by atoms with Crippen molar-refractivity contribution in [2.24, 2.45) is 0 Å². The third-order valence-electron chi connectivity index (χ3n) is 3.10. The van der Waals surface area contributed by atoms with Crippen LogP contribution in [-0.4, -0.2) is 42.4 Å². The highest BCUT2D eigenvalue weighted by Crippen LogP contribution is 2.14. The van der Waals surface area contributed by atoms with E-state index in [1.165, 1.54) is 0 Å². The van der Waals surface area contributed by atoms with Crippen LogP contribution in [0.15, 0.2) is 28.7 Å². The molecule has 1 atom stereocenters. The molecule has 2 rings (SSSR count). The van der Waals surface area contributed by atoms with E-state index >= 15 is 0 Å². The summed E-state index contributed by atoms with van der Waals surface area (Å²) in [5.41, 5.74) is 0.752. The molecule has 0 bridgehead atoms. The lowest BCUT2D eigenvalue weighted by atomic mass is 10.2. The highest BCUT2D eigenvalue weighted by Gasteiger charge is 2.26. The lowest BCUT2D eigenvalue weighted by molar-refractivity contribution is -0.129. The largest absolute Gasteiger partial charge is 0.353 e. The van der Waals surface area contributed by atoms with Crippen molar-refractivity contribution >= 4 is 33.4 Å². The summed E-state index contributed by atoms with van der Waals surface area (Å²) in [6.07, 6.45) is 0. The number of amides is 2. The number of carbonyl (C=O) groups excluding carboxylic acids is 2. The quantitative estimate of drug-likeness (QED) is 0.878. The van der Waals surface area contributed by atoms with Gasteiger partial charge in [0.25, 0.3) is 0 Å². The van der Waals surface area contributed by atoms with Crippen molar-refractivity contribution in [3.05, 3.63) is 28.7 Å². The number of hydrogen-bond acceptors (Lipinski definition) is 3. The monoisotopic (exact) mass is 325 g/mol. The number of piperazine rings is 1. The first-order chi connectivity index (χ1) is 9.06. The van der Waals surface area contributed by atoms with Gasteiger partial charge in [0.1, 0.15) is 0 Å². The van der Waals surface area contributed by atoms with Gasteiger partial charge in [0.2, 0.25) is 11.8 Å². The van der Waals surface area contributed by atoms with Gasteiger partial charge in [0, 0.05) is 23.2 Å². The van der Waals surface area contributed by atoms with Crippen LogP contribution in [-0.2, 0) is 9.59 Å². The zero-order valence-electron chi connectivity index (χ0n) is 10.6. The first kappa shape index (κ1) is 14.0. The molecule has 1 heterocycles. The molecule has 1 aromatic carbocycles. The minimum absolute atomic E-state index is 0.0253. The zero-order chi connectivity index (χ0) is 13.8. The molecular formula is C13H16BrN3O2. The molecule has 0 saturated carbocycles. The predicted molar refractivity (Wildman–Crippen MR) is 76.8 cm³/mol. The highest BCUT2D eigenvalue weighted by atomic mass is 79.9. The van der Waals surface area contributed by atoms with E-state index in [1.54, 1.807) is 6.92 Å². The van der Waals surface area contributed by atoms with Crippen LogP contribution >= 0.6 is 15.9 Å². The Labute approximate surface area is 120 Å². The minimum atomic E-state index is -0.260. The fourth-order valence-electron chi connectivity index (χ4n) is 1.96. The summed E-state index contributed by atoms with van der Waals surface area (Å²) in [6.45, 7) is 3.32. The standard InChI is InChI=1S/C13H16BrN3O2/c1-9-13(19)15-6-7-17(9)8-12(18)16-11-4-2-10(14)3-5-11/h2-5,9H,6-8H2,1H3,(H,15,19)(H,16,18). The van der Waals surface area contributed by atoms with E-state index in [9.17, 15) is 9.59 Å². The van der Waals surface area contributed by atoms with Gasteiger partial charge in [0.15, 0.2) is 0 Å². The van der Waals surface area contributed by atoms with E-state index in [0.717, 1.165) is 10.2 Å². The van der Waals surface area contributed by atoms with Gasteiger partial charge in [-0.05, 0) is 31.2 Å². The first-order valence-corrected chi connectivity index (χ1v) is 6.93. The Kier molecular flexibility index (Phi) is 4.55. The average molecular weight is 326 g/mol. The Balaban J connectivity index is 1.90. The van der Waals surface area contributed by atoms with E-state index in [4.69, 9.17) is 0 Å². The number of anilines is 1. The number of nitrogens with one attached hydrogen (secondary N) is 2. The van der Waals surface area contributed by atoms with E-state index in [1.807, 2.05) is 29.2 Å². The van der Waals surface area contributed by atoms with E-state index in [2.05, 4.69) is 26.6 Å². The van der Waals surface area contributed by atoms with Crippen molar-refractivity contribution in [2.75, 3.05) is 25.0 Å². The van der Waals surface area contributed by atoms with Crippen LogP contribution in [0.5, 0.6) is 0 Å². The summed E-state index contributed by atoms with van der Waals surface area (Å²) in [7, 11) is 0. The molecule has 102 valence electrons. The molecule has 1 aliphatic heterocycles. The SMILES string of the molecule is CC1C(=O)NCCN1CC(=O)Nc1ccc(Br)cc1. The van der Waals surface area contributed by atoms with Gasteiger partial charge in [-0.1, -0.05) is 15.9 Å². The van der Waals surface area contributed by atoms with Gasteiger partial charge >= 0.3 is 0 Å². The Morgan fingerprint density at radius 3 is 2.84 bits per heavy atom. The maximum atomic E-state index is 11.9. The Hall–Kier alpha value is -1.40. The van der Waals surface area contributed by atoms with Crippen LogP contribution in [0.1, 0.15) is 6.92 Å². The van der Waals surface area contributed by atoms with Gasteiger partial charge in [-0.2, -0.15) is 0 Å². The lowest BCUT2D eigenvalue weighted by Crippen LogP contribution is -2.55. The molecular weight excluding hydrogens is 310 g/mol. The van der Waals surface area contributed by atoms with Crippen LogP contribution in [0.4, 0.5) is 5.69 Å². The third kappa shape index (κ3) is 3.78. The fourth-order valence-corrected chi connectivity index (χ4v) is 2.23. The lowest BCUT2D eigenvalue weighted by Gasteiger charge is -2.31. The number of halogens is 1. The molecule has 6 heteroatoms. The second-order valence-corrected chi connectivity index (χ2v) is 5.41. The summed E-state index contributed by atoms with van der Waals surface area (Å²) < 4.78 is 0.965. The van der Waals surface area contributed by atoms with Gasteiger partial charge in [-0.3, -0.25) is 14.5 Å². The summed E-state index contributed by atoms with van der Waals surface area (Å²) in [4.78, 5) is 25.3. The second-order valence-electron chi connectivity index (χ2n) is 4.49. The summed E-state index contributed by atoms with van der Waals surface area (Å²) in [5, 5.41) is 5.59. The molecule has 5 nitrogen and oxygen atoms in total. The number of hydrogen-bond donors (Lipinski definition) is 2. The minimum Gasteiger partial charge on any atom is -0.353 e. The molecule has 0 radical (unpaired) electrons. The topological polar surface area (TPSA) is 61.4 Å². The fraction of sp³-hybridized carbons (Fsp3) is 0.385. The molecule has 0 aromatic heterocycles. The van der Waals surface area contributed by atoms with Crippen LogP contribution in [0, 0.1) is 0 Å². The van der Waals surface area contributed by atoms with Crippen molar-refractivity contribution < 1.29 is 9.59 Å². The highest BCUT2D eigenvalue weighted by molar-refractivity contribution is 9.10. The van der Waals surface area contributed by atoms with Gasteiger partial charge in [-0.15, -0.1) is 0 Å². The number of carbonyl (C=O) groups is 2. The van der Waals surface area contributed by atoms with Crippen LogP contribution in [0.2, 0.25) is 0 Å². The Morgan fingerprint density at radius 2 is 2.16 bits per heavy atom. The van der Waals surface area contributed by atoms with E-state index in [0.29, 0.717) is 13.1 Å². The molecule has 0 spiro atoms. The van der Waals surface area contributed by atoms with Crippen molar-refractivity contribution in [1.82, 2.24) is 10.2 Å². The average Bonchev–Trinajstić information content (AvgIpc) is 2.38. The molecule has 2 amide bonds. The molecule has 1 aliphatic rings. The second kappa shape index (κ2) is 6.16. The number of rotatable bonds is 3. The molecule has 1 unspecified atom stereocenters. The summed E-state index contributed by atoms with van der Waals surface area (Å²) in [6, 6.07) is 7.13. The molecule has 19 heavy (non-hydrogen) atoms. The van der Waals surface area contributed by atoms with Gasteiger partial charge in [0.05, 0.1) is 12.6 Å². The summed E-state index contributed by atoms with van der Waals surface area (Å²) >= 11 is 3.34. The van der Waals surface area contributed by atoms with E-state index in [-0.39, 0.29) is 24.4 Å². The predicted octanol–water partition coefficient (Wildman–Crippen LogP) is 1.21. The molecule has 0 aliphatic carbocycles.